The van der Waals surface area contributed by atoms with Gasteiger partial charge in [-0.2, -0.15) is 4.09 Å². The minimum Gasteiger partial charge on any atom is -0.409 e. The highest BCUT2D eigenvalue weighted by Crippen LogP contribution is 2.22. The molecule has 0 spiro atoms. The molecule has 0 fully saturated rings. The van der Waals surface area contributed by atoms with Crippen molar-refractivity contribution in [2.45, 2.75) is 9.92 Å². The lowest BCUT2D eigenvalue weighted by atomic mass is 10.3. The molecule has 0 saturated carbocycles. The average Bonchev–Trinajstić information content (AvgIpc) is 2.48. The second-order valence-corrected chi connectivity index (χ2v) is 4.39. The van der Waals surface area contributed by atoms with Crippen LogP contribution in [0.25, 0.3) is 10.9 Å². The zero-order valence-electron chi connectivity index (χ0n) is 7.95. The second kappa shape index (κ2) is 3.54. The van der Waals surface area contributed by atoms with E-state index in [9.17, 15) is 14.8 Å². The van der Waals surface area contributed by atoms with E-state index in [2.05, 4.69) is 38.1 Å². The number of rotatable bonds is 0. The number of pyridine rings is 1. The first-order valence-corrected chi connectivity index (χ1v) is 5.34. The van der Waals surface area contributed by atoms with Gasteiger partial charge in [-0.15, -0.1) is 25.3 Å². The normalized spacial score (nSPS) is 11.2. The van der Waals surface area contributed by atoms with Crippen LogP contribution in [0.15, 0.2) is 19.5 Å². The van der Waals surface area contributed by atoms with Crippen LogP contribution in [0.5, 0.6) is 0 Å². The summed E-state index contributed by atoms with van der Waals surface area (Å²) in [6.07, 6.45) is 0. The summed E-state index contributed by atoms with van der Waals surface area (Å²) in [4.78, 5) is 23.6. The van der Waals surface area contributed by atoms with Crippen molar-refractivity contribution in [3.8, 4) is 0 Å². The number of hydrogen-bond donors (Lipinski definition) is 4. The maximum atomic E-state index is 11.7. The Morgan fingerprint density at radius 1 is 1.19 bits per heavy atom. The topological polar surface area (TPSA) is 69.2 Å². The van der Waals surface area contributed by atoms with Crippen molar-refractivity contribution >= 4 is 49.0 Å². The maximum Gasteiger partial charge on any atom is 0.313 e. The largest absolute Gasteiger partial charge is 0.409 e. The van der Waals surface area contributed by atoms with Crippen LogP contribution in [-0.4, -0.2) is 18.7 Å². The third-order valence-corrected chi connectivity index (χ3v) is 3.58. The molecule has 0 saturated heterocycles. The van der Waals surface area contributed by atoms with Crippen LogP contribution in [0.2, 0.25) is 0 Å². The molecular formula is C7H7N3O3S3. The molecule has 0 aliphatic heterocycles. The van der Waals surface area contributed by atoms with Gasteiger partial charge in [-0.3, -0.25) is 9.59 Å². The van der Waals surface area contributed by atoms with Gasteiger partial charge in [-0.05, 0) is 12.8 Å². The highest BCUT2D eigenvalue weighted by molar-refractivity contribution is 7.81. The molecule has 2 heterocycles. The Hall–Kier alpha value is -0.930. The molecule has 0 aliphatic rings. The highest BCUT2D eigenvalue weighted by atomic mass is 32.1. The predicted octanol–water partition coefficient (Wildman–Crippen LogP) is 0.00930. The Morgan fingerprint density at radius 3 is 2.31 bits per heavy atom. The van der Waals surface area contributed by atoms with Gasteiger partial charge in [-0.25, -0.2) is 0 Å². The summed E-state index contributed by atoms with van der Waals surface area (Å²) in [5.41, 5.74) is -0.998. The van der Waals surface area contributed by atoms with Crippen molar-refractivity contribution in [1.29, 1.82) is 0 Å². The van der Waals surface area contributed by atoms with Gasteiger partial charge in [0, 0.05) is 7.05 Å². The summed E-state index contributed by atoms with van der Waals surface area (Å²) in [7, 11) is 1.46. The van der Waals surface area contributed by atoms with E-state index in [-0.39, 0.29) is 25.7 Å². The Kier molecular flexibility index (Phi) is 2.55. The van der Waals surface area contributed by atoms with Gasteiger partial charge in [0.25, 0.3) is 5.56 Å². The molecule has 16 heavy (non-hydrogen) atoms. The minimum atomic E-state index is -0.707. The summed E-state index contributed by atoms with van der Waals surface area (Å²) in [5, 5.41) is 9.61. The van der Waals surface area contributed by atoms with E-state index < -0.39 is 11.1 Å². The molecule has 2 aromatic heterocycles. The molecule has 6 nitrogen and oxygen atoms in total. The lowest BCUT2D eigenvalue weighted by molar-refractivity contribution is 0.134. The molecule has 0 aliphatic carbocycles. The van der Waals surface area contributed by atoms with Crippen molar-refractivity contribution in [2.24, 2.45) is 7.05 Å². The minimum absolute atomic E-state index is 0.0233. The zero-order chi connectivity index (χ0) is 12.2. The summed E-state index contributed by atoms with van der Waals surface area (Å²) in [6, 6.07) is 0. The van der Waals surface area contributed by atoms with Gasteiger partial charge in [0.2, 0.25) is 0 Å². The number of aromatic nitrogens is 3. The number of fused-ring (bicyclic) bond motifs is 1. The average molecular weight is 277 g/mol. The summed E-state index contributed by atoms with van der Waals surface area (Å²) >= 11 is 12.0. The van der Waals surface area contributed by atoms with Crippen molar-refractivity contribution in [3.63, 3.8) is 0 Å². The SMILES string of the molecule is Cn1c(S)c2c(=O)n(O)n(S)c2c(S)c1=O. The van der Waals surface area contributed by atoms with Crippen molar-refractivity contribution in [3.05, 3.63) is 20.7 Å². The number of nitrogens with zero attached hydrogens (tertiary/aromatic N) is 3. The van der Waals surface area contributed by atoms with Crippen LogP contribution >= 0.6 is 38.1 Å². The third kappa shape index (κ3) is 1.25. The fourth-order valence-corrected chi connectivity index (χ4v) is 2.43. The van der Waals surface area contributed by atoms with Gasteiger partial charge in [0.1, 0.15) is 10.9 Å². The Balaban J connectivity index is 3.29. The summed E-state index contributed by atoms with van der Waals surface area (Å²) in [5.74, 6) is 0. The smallest absolute Gasteiger partial charge is 0.313 e. The van der Waals surface area contributed by atoms with Gasteiger partial charge < -0.3 is 9.77 Å². The molecule has 0 bridgehead atoms. The van der Waals surface area contributed by atoms with Gasteiger partial charge in [0.15, 0.2) is 0 Å². The fourth-order valence-electron chi connectivity index (χ4n) is 1.42. The molecule has 0 amide bonds. The quantitative estimate of drug-likeness (QED) is 0.405. The summed E-state index contributed by atoms with van der Waals surface area (Å²) < 4.78 is 2.02. The van der Waals surface area contributed by atoms with Gasteiger partial charge in [0.05, 0.1) is 9.92 Å². The number of hydrogen-bond acceptors (Lipinski definition) is 6. The van der Waals surface area contributed by atoms with Crippen LogP contribution in [-0.2, 0) is 7.05 Å². The van der Waals surface area contributed by atoms with E-state index in [1.807, 2.05) is 0 Å². The van der Waals surface area contributed by atoms with E-state index >= 15 is 0 Å². The van der Waals surface area contributed by atoms with Crippen molar-refractivity contribution < 1.29 is 5.21 Å². The first-order chi connectivity index (χ1) is 7.37. The predicted molar refractivity (Wildman–Crippen MR) is 67.5 cm³/mol. The second-order valence-electron chi connectivity index (χ2n) is 3.14. The Bertz CT molecular complexity index is 712. The molecular weight excluding hydrogens is 270 g/mol. The Morgan fingerprint density at radius 2 is 1.75 bits per heavy atom. The first kappa shape index (κ1) is 11.6. The molecule has 0 radical (unpaired) electrons. The standard InChI is InChI=1S/C7H7N3O3S3/c1-8-6(12)4(14)3-2(7(8)15)5(11)9(13)10(3)16/h13-16H,1H3. The van der Waals surface area contributed by atoms with Crippen LogP contribution in [0.4, 0.5) is 0 Å². The van der Waals surface area contributed by atoms with Crippen LogP contribution < -0.4 is 11.1 Å². The van der Waals surface area contributed by atoms with E-state index in [4.69, 9.17) is 0 Å². The molecule has 86 valence electrons. The lowest BCUT2D eigenvalue weighted by Gasteiger charge is -2.05. The first-order valence-electron chi connectivity index (χ1n) is 4.05. The van der Waals surface area contributed by atoms with Crippen LogP contribution in [0.1, 0.15) is 0 Å². The van der Waals surface area contributed by atoms with E-state index in [1.54, 1.807) is 0 Å². The number of thiol groups is 3. The van der Waals surface area contributed by atoms with Crippen LogP contribution in [0.3, 0.4) is 0 Å². The molecule has 2 aromatic rings. The monoisotopic (exact) mass is 277 g/mol. The molecule has 0 unspecified atom stereocenters. The molecule has 2 rings (SSSR count). The zero-order valence-corrected chi connectivity index (χ0v) is 10.6. The highest BCUT2D eigenvalue weighted by Gasteiger charge is 2.20. The Labute approximate surface area is 105 Å². The molecule has 0 aromatic carbocycles. The van der Waals surface area contributed by atoms with Crippen molar-refractivity contribution in [2.75, 3.05) is 0 Å². The van der Waals surface area contributed by atoms with Crippen LogP contribution in [0, 0.1) is 0 Å². The van der Waals surface area contributed by atoms with Crippen molar-refractivity contribution in [1.82, 2.24) is 13.5 Å². The molecule has 0 atom stereocenters. The molecule has 9 heteroatoms. The van der Waals surface area contributed by atoms with Gasteiger partial charge in [-0.1, -0.05) is 4.85 Å². The third-order valence-electron chi connectivity index (χ3n) is 2.28. The van der Waals surface area contributed by atoms with E-state index in [0.29, 0.717) is 0 Å². The summed E-state index contributed by atoms with van der Waals surface area (Å²) in [6.45, 7) is 0. The van der Waals surface area contributed by atoms with Gasteiger partial charge >= 0.3 is 5.56 Å². The maximum absolute atomic E-state index is 11.7. The lowest BCUT2D eigenvalue weighted by Crippen LogP contribution is -2.20. The molecule has 1 N–H and O–H groups in total. The van der Waals surface area contributed by atoms with E-state index in [1.165, 1.54) is 11.6 Å². The fraction of sp³-hybridized carbons (Fsp3) is 0.143. The van der Waals surface area contributed by atoms with E-state index in [0.717, 1.165) is 4.09 Å².